The summed E-state index contributed by atoms with van der Waals surface area (Å²) in [5.41, 5.74) is 1.18. The van der Waals surface area contributed by atoms with Gasteiger partial charge in [0, 0.05) is 17.8 Å². The van der Waals surface area contributed by atoms with E-state index in [0.29, 0.717) is 5.92 Å². The van der Waals surface area contributed by atoms with Crippen LogP contribution in [0.5, 0.6) is 0 Å². The van der Waals surface area contributed by atoms with Crippen LogP contribution in [0.1, 0.15) is 94.6 Å². The molecule has 0 radical (unpaired) electrons. The van der Waals surface area contributed by atoms with Gasteiger partial charge in [0.05, 0.1) is 6.04 Å². The Morgan fingerprint density at radius 3 is 2.82 bits per heavy atom. The lowest BCUT2D eigenvalue weighted by molar-refractivity contribution is 0.188. The molecular weight excluding hydrogens is 278 g/mol. The lowest BCUT2D eigenvalue weighted by Gasteiger charge is -2.20. The highest BCUT2D eigenvalue weighted by Crippen LogP contribution is 2.32. The van der Waals surface area contributed by atoms with Crippen molar-refractivity contribution in [2.24, 2.45) is 0 Å². The molecule has 1 atom stereocenters. The van der Waals surface area contributed by atoms with Gasteiger partial charge in [-0.1, -0.05) is 51.9 Å². The van der Waals surface area contributed by atoms with Crippen molar-refractivity contribution in [3.8, 4) is 0 Å². The molecule has 1 aromatic rings. The third-order valence-electron chi connectivity index (χ3n) is 4.63. The minimum absolute atomic E-state index is 0.216. The zero-order valence-corrected chi connectivity index (χ0v) is 13.6. The molecule has 1 aliphatic rings. The van der Waals surface area contributed by atoms with Crippen molar-refractivity contribution in [2.75, 3.05) is 0 Å². The molecule has 1 aromatic heterocycles. The zero-order valence-electron chi connectivity index (χ0n) is 13.6. The minimum atomic E-state index is -0.976. The molecule has 1 aliphatic carbocycles. The largest absolute Gasteiger partial charge is 0.465 e. The first kappa shape index (κ1) is 16.8. The topological polar surface area (TPSA) is 78.0 Å². The molecule has 1 amide bonds. The van der Waals surface area contributed by atoms with Gasteiger partial charge in [-0.05, 0) is 19.3 Å². The zero-order chi connectivity index (χ0) is 15.8. The lowest BCUT2D eigenvalue weighted by Crippen LogP contribution is -2.27. The Morgan fingerprint density at radius 2 is 2.14 bits per heavy atom. The number of hydrogen-bond acceptors (Lipinski definition) is 2. The molecule has 124 valence electrons. The van der Waals surface area contributed by atoms with Gasteiger partial charge in [0.2, 0.25) is 0 Å². The van der Waals surface area contributed by atoms with E-state index in [1.165, 1.54) is 50.6 Å². The van der Waals surface area contributed by atoms with Gasteiger partial charge in [0.25, 0.3) is 0 Å². The van der Waals surface area contributed by atoms with E-state index in [-0.39, 0.29) is 6.04 Å². The van der Waals surface area contributed by atoms with E-state index < -0.39 is 6.09 Å². The quantitative estimate of drug-likeness (QED) is 0.607. The van der Waals surface area contributed by atoms with Crippen LogP contribution in [0.3, 0.4) is 0 Å². The maximum atomic E-state index is 11.0. The van der Waals surface area contributed by atoms with Crippen LogP contribution in [-0.2, 0) is 0 Å². The number of aromatic amines is 1. The van der Waals surface area contributed by atoms with Crippen molar-refractivity contribution in [1.82, 2.24) is 15.3 Å². The van der Waals surface area contributed by atoms with Crippen molar-refractivity contribution < 1.29 is 9.90 Å². The van der Waals surface area contributed by atoms with Crippen LogP contribution in [0.4, 0.5) is 4.79 Å². The Morgan fingerprint density at radius 1 is 1.36 bits per heavy atom. The van der Waals surface area contributed by atoms with Crippen LogP contribution >= 0.6 is 0 Å². The van der Waals surface area contributed by atoms with E-state index in [4.69, 9.17) is 5.11 Å². The monoisotopic (exact) mass is 307 g/mol. The molecule has 1 saturated carbocycles. The number of H-pyrrole nitrogens is 1. The van der Waals surface area contributed by atoms with Gasteiger partial charge in [-0.2, -0.15) is 0 Å². The first-order chi connectivity index (χ1) is 10.7. The molecule has 0 saturated heterocycles. The molecule has 2 rings (SSSR count). The fourth-order valence-electron chi connectivity index (χ4n) is 3.35. The number of nitrogens with one attached hydrogen (secondary N) is 2. The van der Waals surface area contributed by atoms with E-state index in [2.05, 4.69) is 22.2 Å². The van der Waals surface area contributed by atoms with Crippen LogP contribution in [0.15, 0.2) is 6.20 Å². The third-order valence-corrected chi connectivity index (χ3v) is 4.63. The van der Waals surface area contributed by atoms with Crippen molar-refractivity contribution in [3.63, 3.8) is 0 Å². The summed E-state index contributed by atoms with van der Waals surface area (Å²) in [5.74, 6) is 1.35. The SMILES string of the molecule is CCCCCCC(NC(=O)O)c1ncc(C2CCCCC2)[nH]1. The van der Waals surface area contributed by atoms with Crippen molar-refractivity contribution >= 4 is 6.09 Å². The summed E-state index contributed by atoms with van der Waals surface area (Å²) in [6.45, 7) is 2.18. The molecule has 3 N–H and O–H groups in total. The lowest BCUT2D eigenvalue weighted by atomic mass is 9.87. The van der Waals surface area contributed by atoms with Crippen LogP contribution < -0.4 is 5.32 Å². The molecule has 1 unspecified atom stereocenters. The van der Waals surface area contributed by atoms with Gasteiger partial charge in [-0.25, -0.2) is 9.78 Å². The number of imidazole rings is 1. The molecule has 22 heavy (non-hydrogen) atoms. The number of nitrogens with zero attached hydrogens (tertiary/aromatic N) is 1. The second-order valence-corrected chi connectivity index (χ2v) is 6.41. The van der Waals surface area contributed by atoms with E-state index >= 15 is 0 Å². The second kappa shape index (κ2) is 8.81. The molecule has 1 heterocycles. The molecule has 0 bridgehead atoms. The number of amides is 1. The Kier molecular flexibility index (Phi) is 6.74. The minimum Gasteiger partial charge on any atom is -0.465 e. The highest BCUT2D eigenvalue weighted by Gasteiger charge is 2.21. The highest BCUT2D eigenvalue weighted by atomic mass is 16.4. The Bertz CT molecular complexity index is 453. The van der Waals surface area contributed by atoms with Crippen LogP contribution in [0.25, 0.3) is 0 Å². The summed E-state index contributed by atoms with van der Waals surface area (Å²) in [6, 6.07) is -0.216. The summed E-state index contributed by atoms with van der Waals surface area (Å²) >= 11 is 0. The number of hydrogen-bond donors (Lipinski definition) is 3. The van der Waals surface area contributed by atoms with E-state index in [0.717, 1.165) is 25.1 Å². The number of aromatic nitrogens is 2. The Labute approximate surface area is 132 Å². The van der Waals surface area contributed by atoms with Crippen LogP contribution in [-0.4, -0.2) is 21.2 Å². The average Bonchev–Trinajstić information content (AvgIpc) is 3.01. The van der Waals surface area contributed by atoms with Gasteiger partial charge in [0.1, 0.15) is 5.82 Å². The third kappa shape index (κ3) is 5.04. The number of carboxylic acid groups (broad SMARTS) is 1. The molecule has 5 nitrogen and oxygen atoms in total. The summed E-state index contributed by atoms with van der Waals surface area (Å²) in [6.07, 6.45) is 12.6. The van der Waals surface area contributed by atoms with Crippen LogP contribution in [0, 0.1) is 0 Å². The second-order valence-electron chi connectivity index (χ2n) is 6.41. The molecule has 1 fully saturated rings. The van der Waals surface area contributed by atoms with E-state index in [1.54, 1.807) is 0 Å². The predicted molar refractivity (Wildman–Crippen MR) is 87.1 cm³/mol. The molecule has 0 aromatic carbocycles. The van der Waals surface area contributed by atoms with E-state index in [1.807, 2.05) is 6.20 Å². The summed E-state index contributed by atoms with van der Waals surface area (Å²) in [4.78, 5) is 18.9. The molecule has 0 spiro atoms. The molecule has 5 heteroatoms. The first-order valence-electron chi connectivity index (χ1n) is 8.75. The fourth-order valence-corrected chi connectivity index (χ4v) is 3.35. The average molecular weight is 307 g/mol. The smallest absolute Gasteiger partial charge is 0.405 e. The standard InChI is InChI=1S/C17H29N3O2/c1-2-3-4-8-11-14(20-17(21)22)16-18-12-15(19-16)13-9-6-5-7-10-13/h12-14,20H,2-11H2,1H3,(H,18,19)(H,21,22). The van der Waals surface area contributed by atoms with E-state index in [9.17, 15) is 4.79 Å². The molecule has 0 aliphatic heterocycles. The predicted octanol–water partition coefficient (Wildman–Crippen LogP) is 4.74. The maximum absolute atomic E-state index is 11.0. The molecular formula is C17H29N3O2. The fraction of sp³-hybridized carbons (Fsp3) is 0.765. The van der Waals surface area contributed by atoms with Gasteiger partial charge < -0.3 is 15.4 Å². The van der Waals surface area contributed by atoms with Crippen molar-refractivity contribution in [3.05, 3.63) is 17.7 Å². The number of unbranched alkanes of at least 4 members (excludes halogenated alkanes) is 3. The maximum Gasteiger partial charge on any atom is 0.405 e. The summed E-state index contributed by atoms with van der Waals surface area (Å²) in [7, 11) is 0. The summed E-state index contributed by atoms with van der Waals surface area (Å²) in [5, 5.41) is 11.7. The Balaban J connectivity index is 1.96. The van der Waals surface area contributed by atoms with Gasteiger partial charge >= 0.3 is 6.09 Å². The van der Waals surface area contributed by atoms with Gasteiger partial charge in [-0.3, -0.25) is 0 Å². The Hall–Kier alpha value is -1.52. The normalized spacial score (nSPS) is 17.3. The van der Waals surface area contributed by atoms with Crippen molar-refractivity contribution in [2.45, 2.75) is 83.1 Å². The number of rotatable bonds is 8. The van der Waals surface area contributed by atoms with Gasteiger partial charge in [0.15, 0.2) is 0 Å². The summed E-state index contributed by atoms with van der Waals surface area (Å²) < 4.78 is 0. The number of carbonyl (C=O) groups is 1. The van der Waals surface area contributed by atoms with Crippen LogP contribution in [0.2, 0.25) is 0 Å². The van der Waals surface area contributed by atoms with Crippen molar-refractivity contribution in [1.29, 1.82) is 0 Å². The van der Waals surface area contributed by atoms with Gasteiger partial charge in [-0.15, -0.1) is 0 Å². The highest BCUT2D eigenvalue weighted by molar-refractivity contribution is 5.65. The first-order valence-corrected chi connectivity index (χ1v) is 8.75.